The van der Waals surface area contributed by atoms with E-state index in [4.69, 9.17) is 0 Å². The zero-order valence-electron chi connectivity index (χ0n) is 73.7. The Labute approximate surface area is 644 Å². The summed E-state index contributed by atoms with van der Waals surface area (Å²) in [6, 6.07) is 37.8. The molecule has 8 heteroatoms. The van der Waals surface area contributed by atoms with Crippen molar-refractivity contribution in [3.05, 3.63) is 189 Å². The van der Waals surface area contributed by atoms with Crippen LogP contribution in [-0.4, -0.2) is 32.3 Å². The van der Waals surface area contributed by atoms with Crippen molar-refractivity contribution < 1.29 is 18.3 Å². The van der Waals surface area contributed by atoms with Gasteiger partial charge in [-0.15, -0.1) is 0 Å². The maximum absolute atomic E-state index is 2.52. The highest BCUT2D eigenvalue weighted by Gasteiger charge is 2.34. The normalized spacial score (nSPS) is 12.3. The van der Waals surface area contributed by atoms with Gasteiger partial charge in [0.1, 0.15) is 28.2 Å². The third kappa shape index (κ3) is 22.7. The molecule has 0 aliphatic rings. The van der Waals surface area contributed by atoms with Gasteiger partial charge >= 0.3 is 0 Å². The molecule has 104 heavy (non-hydrogen) atoms. The van der Waals surface area contributed by atoms with Gasteiger partial charge in [-0.1, -0.05) is 237 Å². The molecule has 0 fully saturated rings. The average Bonchev–Trinajstić information content (AvgIpc) is 0.790. The van der Waals surface area contributed by atoms with Crippen molar-refractivity contribution in [2.24, 2.45) is 34.1 Å². The minimum absolute atomic E-state index is 0.164. The first kappa shape index (κ1) is 89.0. The molecule has 0 aliphatic heterocycles. The van der Waals surface area contributed by atoms with Crippen LogP contribution in [0.5, 0.6) is 0 Å². The first-order valence-electron chi connectivity index (χ1n) is 40.8. The summed E-state index contributed by atoms with van der Waals surface area (Å²) in [5, 5.41) is 6.48. The van der Waals surface area contributed by atoms with Crippen molar-refractivity contribution in [3.8, 4) is 45.0 Å². The van der Waals surface area contributed by atoms with Crippen LogP contribution in [0.15, 0.2) is 122 Å². The highest BCUT2D eigenvalue weighted by atomic mass is 28.3. The summed E-state index contributed by atoms with van der Waals surface area (Å²) < 4.78 is 9.46. The smallest absolute Gasteiger partial charge is 0.201 e. The monoisotopic (exact) mass is 1470 g/mol. The predicted octanol–water partition coefficient (Wildman–Crippen LogP) is 23.7. The summed E-state index contributed by atoms with van der Waals surface area (Å²) in [5.41, 5.74) is 28.5. The summed E-state index contributed by atoms with van der Waals surface area (Å²) in [4.78, 5) is 0. The molecular weight excluding hydrogens is 1320 g/mol. The van der Waals surface area contributed by atoms with E-state index < -0.39 is 32.3 Å². The maximum Gasteiger partial charge on any atom is 0.212 e. The van der Waals surface area contributed by atoms with Gasteiger partial charge in [0, 0.05) is 67.3 Å². The average molecular weight is 1470 g/mol. The molecule has 0 amide bonds. The van der Waals surface area contributed by atoms with Crippen LogP contribution in [0, 0.1) is 40.5 Å². The highest BCUT2D eigenvalue weighted by Crippen LogP contribution is 2.36. The Morgan fingerprint density at radius 1 is 0.327 bits per heavy atom. The Bertz CT molecular complexity index is 4140. The first-order valence-corrected chi connectivity index (χ1v) is 54.8. The molecule has 4 heterocycles. The zero-order valence-corrected chi connectivity index (χ0v) is 77.7. The molecule has 0 spiro atoms. The highest BCUT2D eigenvalue weighted by molar-refractivity contribution is 6.90. The fourth-order valence-electron chi connectivity index (χ4n) is 15.7. The minimum atomic E-state index is -1.40. The lowest BCUT2D eigenvalue weighted by Crippen LogP contribution is -2.47. The van der Waals surface area contributed by atoms with Crippen molar-refractivity contribution in [2.75, 3.05) is 0 Å². The Kier molecular flexibility index (Phi) is 32.0. The third-order valence-electron chi connectivity index (χ3n) is 22.6. The van der Waals surface area contributed by atoms with E-state index in [1.807, 2.05) is 0 Å². The molecule has 0 atom stereocenters. The molecule has 0 radical (unpaired) electrons. The Morgan fingerprint density at radius 2 is 0.596 bits per heavy atom. The van der Waals surface area contributed by atoms with Crippen molar-refractivity contribution in [2.45, 2.75) is 310 Å². The van der Waals surface area contributed by atoms with E-state index in [-0.39, 0.29) is 5.41 Å². The van der Waals surface area contributed by atoms with Crippen LogP contribution in [0.3, 0.4) is 0 Å². The fraction of sp³-hybridized carbons (Fsp3) is 0.542. The van der Waals surface area contributed by atoms with Crippen LogP contribution in [0.1, 0.15) is 252 Å². The molecular formula is C96H152N4Si4+4. The number of aryl methyl sites for hydroxylation is 9. The molecule has 0 unspecified atom stereocenters. The van der Waals surface area contributed by atoms with Gasteiger partial charge in [0.25, 0.3) is 0 Å². The molecule has 4 nitrogen and oxygen atoms in total. The quantitative estimate of drug-likeness (QED) is 0.0448. The number of hydrogen-bond acceptors (Lipinski definition) is 0. The van der Waals surface area contributed by atoms with E-state index in [1.165, 1.54) is 141 Å². The van der Waals surface area contributed by atoms with Crippen LogP contribution < -0.4 is 39.0 Å². The van der Waals surface area contributed by atoms with Crippen LogP contribution in [-0.2, 0) is 40.0 Å². The Balaban J connectivity index is 0.000000249. The van der Waals surface area contributed by atoms with Crippen LogP contribution in [0.25, 0.3) is 45.0 Å². The van der Waals surface area contributed by atoms with E-state index in [1.54, 1.807) is 43.0 Å². The first-order chi connectivity index (χ1) is 48.3. The van der Waals surface area contributed by atoms with Gasteiger partial charge in [0.2, 0.25) is 22.8 Å². The van der Waals surface area contributed by atoms with E-state index in [2.05, 4.69) is 385 Å². The summed E-state index contributed by atoms with van der Waals surface area (Å²) in [6.45, 7) is 75.5. The molecule has 8 aromatic rings. The molecule has 568 valence electrons. The number of hydrogen-bond donors (Lipinski definition) is 0. The number of benzene rings is 4. The van der Waals surface area contributed by atoms with Gasteiger partial charge < -0.3 is 0 Å². The molecule has 0 aliphatic carbocycles. The molecule has 0 saturated heterocycles. The Hall–Kier alpha value is -5.65. The molecule has 0 bridgehead atoms. The van der Waals surface area contributed by atoms with Gasteiger partial charge in [-0.25, -0.2) is 18.3 Å². The van der Waals surface area contributed by atoms with Crippen LogP contribution in [0.2, 0.25) is 78.6 Å². The fourth-order valence-corrected chi connectivity index (χ4v) is 22.6. The zero-order chi connectivity index (χ0) is 78.6. The van der Waals surface area contributed by atoms with Crippen molar-refractivity contribution in [3.63, 3.8) is 0 Å². The van der Waals surface area contributed by atoms with Gasteiger partial charge in [-0.05, 0) is 219 Å². The van der Waals surface area contributed by atoms with Gasteiger partial charge in [0.15, 0.2) is 24.8 Å². The molecule has 0 N–H and O–H groups in total. The summed E-state index contributed by atoms with van der Waals surface area (Å²) in [5.74, 6) is 3.87. The topological polar surface area (TPSA) is 15.5 Å². The van der Waals surface area contributed by atoms with Gasteiger partial charge in [-0.2, -0.15) is 0 Å². The van der Waals surface area contributed by atoms with Crippen molar-refractivity contribution in [1.29, 1.82) is 0 Å². The molecule has 4 aromatic heterocycles. The number of nitrogens with zero attached hydrogens (tertiary/aromatic N) is 4. The largest absolute Gasteiger partial charge is 0.212 e. The second kappa shape index (κ2) is 37.4. The van der Waals surface area contributed by atoms with Crippen molar-refractivity contribution in [1.82, 2.24) is 0 Å². The lowest BCUT2D eigenvalue weighted by Gasteiger charge is -2.25. The van der Waals surface area contributed by atoms with E-state index in [0.717, 1.165) is 6.42 Å². The van der Waals surface area contributed by atoms with E-state index in [0.29, 0.717) is 35.5 Å². The Morgan fingerprint density at radius 3 is 0.875 bits per heavy atom. The van der Waals surface area contributed by atoms with E-state index >= 15 is 0 Å². The third-order valence-corrected chi connectivity index (χ3v) is 30.8. The van der Waals surface area contributed by atoms with Gasteiger partial charge in [-0.3, -0.25) is 0 Å². The van der Waals surface area contributed by atoms with Gasteiger partial charge in [0.05, 0.1) is 32.3 Å². The SMILES string of the molecule is CCC(CC)c1cc(-c2cc(C(C)(C)C)ccc2C)[n+](C)cc1[Si](C)(C)C.CCC(CC)c1cc(-c2cc(C(C)C)ccc2C)[n+](C)cc1[Si](C)(C)C.CCC(CC)c1cc(-c2cc(C)ccc2C)[n+](C)cc1[Si](C)(C)C.CCC(CC)c1cc(-c2cc(CC(C)C)ccc2C)[n+](C)cc1[Si](C)(C)C. The second-order valence-corrected chi connectivity index (χ2v) is 57.3. The van der Waals surface area contributed by atoms with Crippen LogP contribution >= 0.6 is 0 Å². The number of rotatable bonds is 23. The summed E-state index contributed by atoms with van der Waals surface area (Å²) >= 11 is 0. The summed E-state index contributed by atoms with van der Waals surface area (Å²) in [7, 11) is 3.31. The van der Waals surface area contributed by atoms with E-state index in [9.17, 15) is 0 Å². The lowest BCUT2D eigenvalue weighted by atomic mass is 9.84. The van der Waals surface area contributed by atoms with Crippen LogP contribution in [0.4, 0.5) is 0 Å². The summed E-state index contributed by atoms with van der Waals surface area (Å²) in [6.07, 6.45) is 20.6. The number of pyridine rings is 4. The maximum atomic E-state index is 2.52. The standard InChI is InChI=1S/2C25H40NSi.C24H38NSi.C22H34NSi/c1-11-19(12-2)22-16-23(26(7)17-24(22)27(8,9)10)21-15-20(25(4,5)6)14-13-18(21)3;1-10-21(11-2)23-16-24(26(6)17-25(23)27(7,8)9)22-15-20(14-18(3)4)13-12-19(22)5;1-10-19(11-2)22-15-23(25(6)16-24(22)26(7,8)9)21-14-20(17(3)4)13-12-18(21)5;1-9-18(10-2)20-14-21(19-13-16(3)11-12-17(19)4)23(5)15-22(20)24(6,7)8/h13-17,19H,11-12H2,1-10H3;12-13,15-18,21H,10-11,14H2,1-9H3;12-17,19H,10-11H2,1-9H3;11-15,18H,9-10H2,1-8H3/q4*+1. The minimum Gasteiger partial charge on any atom is -0.201 e. The second-order valence-electron chi connectivity index (χ2n) is 37.2. The lowest BCUT2D eigenvalue weighted by molar-refractivity contribution is -0.659. The molecule has 0 saturated carbocycles. The molecule has 8 rings (SSSR count). The van der Waals surface area contributed by atoms with Crippen molar-refractivity contribution >= 4 is 53.0 Å². The number of aromatic nitrogens is 4. The predicted molar refractivity (Wildman–Crippen MR) is 472 cm³/mol. The molecule has 4 aromatic carbocycles.